The van der Waals surface area contributed by atoms with Crippen LogP contribution in [0.2, 0.25) is 0 Å². The van der Waals surface area contributed by atoms with E-state index in [-0.39, 0.29) is 0 Å². The Morgan fingerprint density at radius 2 is 2.53 bits per heavy atom. The molecule has 2 unspecified atom stereocenters. The third-order valence-electron chi connectivity index (χ3n) is 2.91. The van der Waals surface area contributed by atoms with Crippen molar-refractivity contribution in [1.29, 1.82) is 0 Å². The van der Waals surface area contributed by atoms with Crippen molar-refractivity contribution >= 4 is 11.8 Å². The maximum atomic E-state index is 5.18. The van der Waals surface area contributed by atoms with Gasteiger partial charge in [-0.1, -0.05) is 13.3 Å². The van der Waals surface area contributed by atoms with Crippen molar-refractivity contribution < 1.29 is 4.42 Å². The van der Waals surface area contributed by atoms with Crippen LogP contribution in [0.5, 0.6) is 0 Å². The van der Waals surface area contributed by atoms with Crippen molar-refractivity contribution in [3.63, 3.8) is 0 Å². The summed E-state index contributed by atoms with van der Waals surface area (Å²) < 4.78 is 5.18. The minimum atomic E-state index is 0.471. The molecule has 15 heavy (non-hydrogen) atoms. The van der Waals surface area contributed by atoms with Crippen molar-refractivity contribution in [2.45, 2.75) is 37.5 Å². The van der Waals surface area contributed by atoms with Crippen LogP contribution in [0.4, 0.5) is 0 Å². The number of nitrogens with one attached hydrogen (secondary N) is 1. The Balaban J connectivity index is 2.04. The third-order valence-corrected chi connectivity index (χ3v) is 4.37. The summed E-state index contributed by atoms with van der Waals surface area (Å²) in [5.41, 5.74) is 1.30. The Labute approximate surface area is 95.8 Å². The minimum absolute atomic E-state index is 0.471. The smallest absolute Gasteiger partial charge is 0.0950 e. The zero-order valence-electron chi connectivity index (χ0n) is 9.24. The minimum Gasteiger partial charge on any atom is -0.472 e. The van der Waals surface area contributed by atoms with Gasteiger partial charge in [-0.15, -0.1) is 0 Å². The van der Waals surface area contributed by atoms with Gasteiger partial charge in [0.1, 0.15) is 0 Å². The van der Waals surface area contributed by atoms with Crippen LogP contribution in [-0.2, 0) is 0 Å². The molecule has 0 bridgehead atoms. The average Bonchev–Trinajstić information content (AvgIpc) is 2.80. The Bertz CT molecular complexity index is 267. The van der Waals surface area contributed by atoms with Gasteiger partial charge in [0.05, 0.1) is 12.5 Å². The van der Waals surface area contributed by atoms with Crippen molar-refractivity contribution in [1.82, 2.24) is 5.32 Å². The SMILES string of the molecule is CCNC(c1ccoc1)C1CCCCS1. The maximum Gasteiger partial charge on any atom is 0.0950 e. The summed E-state index contributed by atoms with van der Waals surface area (Å²) in [7, 11) is 0. The number of thioether (sulfide) groups is 1. The average molecular weight is 225 g/mol. The molecule has 1 aliphatic heterocycles. The topological polar surface area (TPSA) is 25.2 Å². The monoisotopic (exact) mass is 225 g/mol. The van der Waals surface area contributed by atoms with Gasteiger partial charge in [0, 0.05) is 16.9 Å². The number of rotatable bonds is 4. The Morgan fingerprint density at radius 1 is 1.60 bits per heavy atom. The molecule has 2 rings (SSSR count). The lowest BCUT2D eigenvalue weighted by molar-refractivity contribution is 0.482. The van der Waals surface area contributed by atoms with Crippen molar-refractivity contribution in [2.75, 3.05) is 12.3 Å². The summed E-state index contributed by atoms with van der Waals surface area (Å²) in [4.78, 5) is 0. The standard InChI is InChI=1S/C12H19NOS/c1-2-13-12(10-6-7-14-9-10)11-5-3-4-8-15-11/h6-7,9,11-13H,2-5,8H2,1H3. The number of hydrogen-bond donors (Lipinski definition) is 1. The fourth-order valence-corrected chi connectivity index (χ4v) is 3.62. The molecular weight excluding hydrogens is 206 g/mol. The van der Waals surface area contributed by atoms with Crippen LogP contribution in [0, 0.1) is 0 Å². The molecule has 2 heterocycles. The van der Waals surface area contributed by atoms with Gasteiger partial charge in [0.15, 0.2) is 0 Å². The summed E-state index contributed by atoms with van der Waals surface area (Å²) in [6.07, 6.45) is 7.73. The lowest BCUT2D eigenvalue weighted by atomic mass is 10.0. The van der Waals surface area contributed by atoms with E-state index < -0.39 is 0 Å². The van der Waals surface area contributed by atoms with Gasteiger partial charge < -0.3 is 9.73 Å². The zero-order chi connectivity index (χ0) is 10.5. The first kappa shape index (κ1) is 11.1. The molecule has 1 saturated heterocycles. The Morgan fingerprint density at radius 3 is 3.13 bits per heavy atom. The van der Waals surface area contributed by atoms with Crippen LogP contribution in [0.3, 0.4) is 0 Å². The summed E-state index contributed by atoms with van der Waals surface area (Å²) >= 11 is 2.11. The van der Waals surface area contributed by atoms with E-state index in [2.05, 4.69) is 30.1 Å². The highest BCUT2D eigenvalue weighted by Crippen LogP contribution is 2.34. The molecule has 2 atom stereocenters. The van der Waals surface area contributed by atoms with Crippen molar-refractivity contribution in [2.24, 2.45) is 0 Å². The van der Waals surface area contributed by atoms with Gasteiger partial charge in [0.2, 0.25) is 0 Å². The fourth-order valence-electron chi connectivity index (χ4n) is 2.16. The van der Waals surface area contributed by atoms with E-state index in [1.807, 2.05) is 6.26 Å². The lowest BCUT2D eigenvalue weighted by Crippen LogP contribution is -2.31. The first-order valence-electron chi connectivity index (χ1n) is 5.79. The predicted octanol–water partition coefficient (Wildman–Crippen LogP) is 3.22. The molecule has 84 valence electrons. The summed E-state index contributed by atoms with van der Waals surface area (Å²) in [6.45, 7) is 3.19. The van der Waals surface area contributed by atoms with Crippen LogP contribution in [-0.4, -0.2) is 17.5 Å². The van der Waals surface area contributed by atoms with Crippen LogP contribution in [0.1, 0.15) is 37.8 Å². The molecule has 0 aliphatic carbocycles. The van der Waals surface area contributed by atoms with E-state index in [0.29, 0.717) is 6.04 Å². The third kappa shape index (κ3) is 2.79. The van der Waals surface area contributed by atoms with Crippen LogP contribution < -0.4 is 5.32 Å². The second-order valence-electron chi connectivity index (χ2n) is 4.00. The predicted molar refractivity (Wildman–Crippen MR) is 65.2 cm³/mol. The quantitative estimate of drug-likeness (QED) is 0.851. The van der Waals surface area contributed by atoms with E-state index in [4.69, 9.17) is 4.42 Å². The first-order valence-corrected chi connectivity index (χ1v) is 6.83. The second-order valence-corrected chi connectivity index (χ2v) is 5.34. The van der Waals surface area contributed by atoms with E-state index in [1.165, 1.54) is 30.6 Å². The highest BCUT2D eigenvalue weighted by Gasteiger charge is 2.25. The van der Waals surface area contributed by atoms with Gasteiger partial charge in [-0.2, -0.15) is 11.8 Å². The lowest BCUT2D eigenvalue weighted by Gasteiger charge is -2.29. The van der Waals surface area contributed by atoms with Gasteiger partial charge in [-0.3, -0.25) is 0 Å². The first-order chi connectivity index (χ1) is 7.42. The molecule has 1 fully saturated rings. The molecule has 0 amide bonds. The van der Waals surface area contributed by atoms with Crippen molar-refractivity contribution in [3.05, 3.63) is 24.2 Å². The summed E-state index contributed by atoms with van der Waals surface area (Å²) in [5, 5.41) is 4.29. The van der Waals surface area contributed by atoms with E-state index in [0.717, 1.165) is 11.8 Å². The molecule has 0 radical (unpaired) electrons. The van der Waals surface area contributed by atoms with Gasteiger partial charge in [0.25, 0.3) is 0 Å². The molecule has 2 nitrogen and oxygen atoms in total. The Hall–Kier alpha value is -0.410. The van der Waals surface area contributed by atoms with Crippen LogP contribution >= 0.6 is 11.8 Å². The molecule has 1 N–H and O–H groups in total. The molecular formula is C12H19NOS. The van der Waals surface area contributed by atoms with Gasteiger partial charge >= 0.3 is 0 Å². The van der Waals surface area contributed by atoms with Crippen molar-refractivity contribution in [3.8, 4) is 0 Å². The molecule has 3 heteroatoms. The van der Waals surface area contributed by atoms with Crippen LogP contribution in [0.25, 0.3) is 0 Å². The molecule has 0 saturated carbocycles. The largest absolute Gasteiger partial charge is 0.472 e. The van der Waals surface area contributed by atoms with E-state index >= 15 is 0 Å². The summed E-state index contributed by atoms with van der Waals surface area (Å²) in [5.74, 6) is 1.31. The number of hydrogen-bond acceptors (Lipinski definition) is 3. The maximum absolute atomic E-state index is 5.18. The normalized spacial score (nSPS) is 23.9. The van der Waals surface area contributed by atoms with E-state index in [1.54, 1.807) is 6.26 Å². The highest BCUT2D eigenvalue weighted by molar-refractivity contribution is 8.00. The molecule has 1 aromatic rings. The fraction of sp³-hybridized carbons (Fsp3) is 0.667. The molecule has 0 spiro atoms. The molecule has 1 aromatic heterocycles. The molecule has 0 aromatic carbocycles. The van der Waals surface area contributed by atoms with Gasteiger partial charge in [-0.05, 0) is 31.2 Å². The molecule has 1 aliphatic rings. The van der Waals surface area contributed by atoms with Crippen LogP contribution in [0.15, 0.2) is 23.0 Å². The van der Waals surface area contributed by atoms with E-state index in [9.17, 15) is 0 Å². The zero-order valence-corrected chi connectivity index (χ0v) is 10.1. The Kier molecular flexibility index (Phi) is 4.15. The van der Waals surface area contributed by atoms with Gasteiger partial charge in [-0.25, -0.2) is 0 Å². The summed E-state index contributed by atoms with van der Waals surface area (Å²) in [6, 6.07) is 2.56. The highest BCUT2D eigenvalue weighted by atomic mass is 32.2. The number of furan rings is 1. The second kappa shape index (κ2) is 5.61.